The van der Waals surface area contributed by atoms with E-state index in [0.717, 1.165) is 13.0 Å². The van der Waals surface area contributed by atoms with E-state index < -0.39 is 11.9 Å². The first-order valence-corrected chi connectivity index (χ1v) is 6.25. The summed E-state index contributed by atoms with van der Waals surface area (Å²) in [5.41, 5.74) is 0. The largest absolute Gasteiger partial charge is 0.481 e. The molecule has 0 saturated carbocycles. The van der Waals surface area contributed by atoms with E-state index >= 15 is 0 Å². The van der Waals surface area contributed by atoms with Crippen molar-refractivity contribution in [1.82, 2.24) is 10.2 Å². The lowest BCUT2D eigenvalue weighted by molar-refractivity contribution is -0.141. The Kier molecular flexibility index (Phi) is 5.40. The van der Waals surface area contributed by atoms with Gasteiger partial charge in [0.05, 0.1) is 12.0 Å². The predicted octanol–water partition coefficient (Wildman–Crippen LogP) is 0.773. The van der Waals surface area contributed by atoms with Crippen molar-refractivity contribution in [1.29, 1.82) is 0 Å². The number of rotatable bonds is 5. The van der Waals surface area contributed by atoms with Gasteiger partial charge in [-0.3, -0.25) is 4.79 Å². The van der Waals surface area contributed by atoms with Gasteiger partial charge in [-0.2, -0.15) is 0 Å². The van der Waals surface area contributed by atoms with Gasteiger partial charge in [0.1, 0.15) is 0 Å². The number of urea groups is 1. The van der Waals surface area contributed by atoms with Crippen molar-refractivity contribution in [3.8, 4) is 0 Å². The zero-order valence-electron chi connectivity index (χ0n) is 11.2. The first kappa shape index (κ1) is 14.8. The number of aliphatic carboxylic acids is 1. The van der Waals surface area contributed by atoms with Crippen molar-refractivity contribution in [3.05, 3.63) is 0 Å². The van der Waals surface area contributed by atoms with Gasteiger partial charge in [-0.1, -0.05) is 6.92 Å². The molecule has 6 heteroatoms. The van der Waals surface area contributed by atoms with Crippen LogP contribution >= 0.6 is 0 Å². The van der Waals surface area contributed by atoms with Crippen LogP contribution in [-0.4, -0.2) is 54.9 Å². The van der Waals surface area contributed by atoms with Crippen molar-refractivity contribution in [2.75, 3.05) is 26.7 Å². The van der Waals surface area contributed by atoms with Gasteiger partial charge in [0.15, 0.2) is 0 Å². The Morgan fingerprint density at radius 2 is 2.22 bits per heavy atom. The minimum absolute atomic E-state index is 0.175. The van der Waals surface area contributed by atoms with Crippen molar-refractivity contribution in [2.24, 2.45) is 11.8 Å². The molecule has 0 aliphatic carbocycles. The smallest absolute Gasteiger partial charge is 0.317 e. The molecule has 0 spiro atoms. The normalized spacial score (nSPS) is 24.6. The lowest BCUT2D eigenvalue weighted by atomic mass is 10.0. The standard InChI is InChI=1S/C12H22N2O4/c1-8(11(15)16)7-14(3)12(17)13-6-10-4-5-18-9(10)2/h8-10H,4-7H2,1-3H3,(H,13,17)(H,15,16). The van der Waals surface area contributed by atoms with Crippen LogP contribution in [0.5, 0.6) is 0 Å². The summed E-state index contributed by atoms with van der Waals surface area (Å²) in [7, 11) is 1.60. The van der Waals surface area contributed by atoms with Crippen LogP contribution in [0, 0.1) is 11.8 Å². The lowest BCUT2D eigenvalue weighted by Crippen LogP contribution is -2.43. The zero-order valence-corrected chi connectivity index (χ0v) is 11.2. The summed E-state index contributed by atoms with van der Waals surface area (Å²) >= 11 is 0. The lowest BCUT2D eigenvalue weighted by Gasteiger charge is -2.22. The molecule has 2 amide bonds. The van der Waals surface area contributed by atoms with Crippen LogP contribution in [0.3, 0.4) is 0 Å². The third-order valence-electron chi connectivity index (χ3n) is 3.36. The van der Waals surface area contributed by atoms with Crippen LogP contribution in [0.1, 0.15) is 20.3 Å². The number of nitrogens with one attached hydrogen (secondary N) is 1. The Bertz CT molecular complexity index is 308. The fraction of sp³-hybridized carbons (Fsp3) is 0.833. The van der Waals surface area contributed by atoms with E-state index in [1.54, 1.807) is 14.0 Å². The molecule has 1 aliphatic rings. The summed E-state index contributed by atoms with van der Waals surface area (Å²) in [5.74, 6) is -1.11. The summed E-state index contributed by atoms with van der Waals surface area (Å²) < 4.78 is 5.41. The van der Waals surface area contributed by atoms with Gasteiger partial charge in [-0.25, -0.2) is 4.79 Å². The van der Waals surface area contributed by atoms with E-state index in [4.69, 9.17) is 9.84 Å². The fourth-order valence-electron chi connectivity index (χ4n) is 1.97. The van der Waals surface area contributed by atoms with Crippen LogP contribution in [0.2, 0.25) is 0 Å². The molecular formula is C12H22N2O4. The number of carbonyl (C=O) groups excluding carboxylic acids is 1. The van der Waals surface area contributed by atoms with E-state index in [1.807, 2.05) is 6.92 Å². The first-order valence-electron chi connectivity index (χ1n) is 6.25. The Hall–Kier alpha value is -1.30. The maximum Gasteiger partial charge on any atom is 0.317 e. The Morgan fingerprint density at radius 3 is 2.72 bits per heavy atom. The van der Waals surface area contributed by atoms with Gasteiger partial charge in [-0.05, 0) is 13.3 Å². The topological polar surface area (TPSA) is 78.9 Å². The molecule has 0 bridgehead atoms. The summed E-state index contributed by atoms with van der Waals surface area (Å²) in [6.45, 7) is 5.11. The van der Waals surface area contributed by atoms with E-state index in [9.17, 15) is 9.59 Å². The SMILES string of the molecule is CC(CN(C)C(=O)NCC1CCOC1C)C(=O)O. The molecule has 1 rings (SSSR count). The molecule has 1 heterocycles. The van der Waals surface area contributed by atoms with Crippen molar-refractivity contribution >= 4 is 12.0 Å². The van der Waals surface area contributed by atoms with Gasteiger partial charge in [0, 0.05) is 32.7 Å². The minimum atomic E-state index is -0.896. The Labute approximate surface area is 107 Å². The second-order valence-electron chi connectivity index (χ2n) is 4.93. The van der Waals surface area contributed by atoms with Crippen LogP contribution < -0.4 is 5.32 Å². The second-order valence-corrected chi connectivity index (χ2v) is 4.93. The number of hydrogen-bond acceptors (Lipinski definition) is 3. The quantitative estimate of drug-likeness (QED) is 0.763. The number of carboxylic acid groups (broad SMARTS) is 1. The van der Waals surface area contributed by atoms with Crippen LogP contribution in [0.15, 0.2) is 0 Å². The fourth-order valence-corrected chi connectivity index (χ4v) is 1.97. The number of ether oxygens (including phenoxy) is 1. The summed E-state index contributed by atoms with van der Waals surface area (Å²) in [6.07, 6.45) is 1.13. The molecule has 0 aromatic rings. The molecule has 6 nitrogen and oxygen atoms in total. The van der Waals surface area contributed by atoms with Crippen LogP contribution in [-0.2, 0) is 9.53 Å². The molecule has 0 radical (unpaired) electrons. The van der Waals surface area contributed by atoms with E-state index in [0.29, 0.717) is 12.5 Å². The third kappa shape index (κ3) is 4.18. The zero-order chi connectivity index (χ0) is 13.7. The van der Waals surface area contributed by atoms with Gasteiger partial charge >= 0.3 is 12.0 Å². The average Bonchev–Trinajstić information content (AvgIpc) is 2.71. The summed E-state index contributed by atoms with van der Waals surface area (Å²) in [5, 5.41) is 11.6. The average molecular weight is 258 g/mol. The number of nitrogens with zero attached hydrogens (tertiary/aromatic N) is 1. The van der Waals surface area contributed by atoms with Crippen LogP contribution in [0.4, 0.5) is 4.79 Å². The van der Waals surface area contributed by atoms with Crippen molar-refractivity contribution in [3.63, 3.8) is 0 Å². The minimum Gasteiger partial charge on any atom is -0.481 e. The molecule has 1 aliphatic heterocycles. The predicted molar refractivity (Wildman–Crippen MR) is 66.3 cm³/mol. The number of amides is 2. The van der Waals surface area contributed by atoms with Gasteiger partial charge in [0.2, 0.25) is 0 Å². The third-order valence-corrected chi connectivity index (χ3v) is 3.36. The molecule has 104 valence electrons. The Balaban J connectivity index is 2.29. The Morgan fingerprint density at radius 1 is 1.56 bits per heavy atom. The first-order chi connectivity index (χ1) is 8.41. The van der Waals surface area contributed by atoms with Gasteiger partial charge in [-0.15, -0.1) is 0 Å². The van der Waals surface area contributed by atoms with Gasteiger partial charge < -0.3 is 20.1 Å². The van der Waals surface area contributed by atoms with Crippen molar-refractivity contribution in [2.45, 2.75) is 26.4 Å². The molecule has 1 saturated heterocycles. The molecule has 0 aromatic heterocycles. The monoisotopic (exact) mass is 258 g/mol. The number of carbonyl (C=O) groups is 2. The van der Waals surface area contributed by atoms with E-state index in [-0.39, 0.29) is 18.7 Å². The maximum absolute atomic E-state index is 11.7. The number of carboxylic acids is 1. The van der Waals surface area contributed by atoms with E-state index in [1.165, 1.54) is 4.90 Å². The number of hydrogen-bond donors (Lipinski definition) is 2. The highest BCUT2D eigenvalue weighted by Crippen LogP contribution is 2.19. The maximum atomic E-state index is 11.7. The molecule has 1 fully saturated rings. The summed E-state index contributed by atoms with van der Waals surface area (Å²) in [4.78, 5) is 23.8. The molecular weight excluding hydrogens is 236 g/mol. The highest BCUT2D eigenvalue weighted by atomic mass is 16.5. The summed E-state index contributed by atoms with van der Waals surface area (Å²) in [6, 6.07) is -0.234. The molecule has 3 unspecified atom stereocenters. The molecule has 3 atom stereocenters. The van der Waals surface area contributed by atoms with E-state index in [2.05, 4.69) is 5.32 Å². The highest BCUT2D eigenvalue weighted by Gasteiger charge is 2.25. The highest BCUT2D eigenvalue weighted by molar-refractivity contribution is 5.75. The molecule has 2 N–H and O–H groups in total. The molecule has 18 heavy (non-hydrogen) atoms. The van der Waals surface area contributed by atoms with Crippen molar-refractivity contribution < 1.29 is 19.4 Å². The second kappa shape index (κ2) is 6.58. The van der Waals surface area contributed by atoms with Gasteiger partial charge in [0.25, 0.3) is 0 Å². The van der Waals surface area contributed by atoms with Crippen LogP contribution in [0.25, 0.3) is 0 Å². The molecule has 0 aromatic carbocycles.